The normalized spacial score (nSPS) is 20.2. The largest absolute Gasteiger partial charge is 0.445 e. The maximum absolute atomic E-state index is 15.3. The third-order valence-corrected chi connectivity index (χ3v) is 10.6. The zero-order chi connectivity index (χ0) is 35.1. The second-order valence-electron chi connectivity index (χ2n) is 14.4. The van der Waals surface area contributed by atoms with Crippen molar-refractivity contribution in [2.24, 2.45) is 17.3 Å². The monoisotopic (exact) mass is 685 g/mol. The molecule has 3 heterocycles. The minimum atomic E-state index is -0.379. The van der Waals surface area contributed by atoms with Crippen LogP contribution in [0.1, 0.15) is 49.3 Å². The fourth-order valence-corrected chi connectivity index (χ4v) is 7.59. The molecule has 0 radical (unpaired) electrons. The second-order valence-corrected chi connectivity index (χ2v) is 14.4. The van der Waals surface area contributed by atoms with Gasteiger partial charge in [0.25, 0.3) is 0 Å². The van der Waals surface area contributed by atoms with Gasteiger partial charge in [0.1, 0.15) is 24.0 Å². The first kappa shape index (κ1) is 32.8. The van der Waals surface area contributed by atoms with Gasteiger partial charge >= 0.3 is 6.09 Å². The summed E-state index contributed by atoms with van der Waals surface area (Å²) in [5.41, 5.74) is 3.69. The van der Waals surface area contributed by atoms with Gasteiger partial charge in [0.05, 0.1) is 11.3 Å². The number of benzene rings is 3. The average molecular weight is 686 g/mol. The average Bonchev–Trinajstić information content (AvgIpc) is 4.07. The van der Waals surface area contributed by atoms with Crippen LogP contribution in [0.4, 0.5) is 15.1 Å². The van der Waals surface area contributed by atoms with Gasteiger partial charge in [0.2, 0.25) is 11.8 Å². The first-order chi connectivity index (χ1) is 24.8. The molecule has 3 aromatic carbocycles. The Labute approximate surface area is 296 Å². The highest BCUT2D eigenvalue weighted by molar-refractivity contribution is 5.97. The van der Waals surface area contributed by atoms with Gasteiger partial charge < -0.3 is 19.7 Å². The molecule has 1 aliphatic heterocycles. The Kier molecular flexibility index (Phi) is 8.61. The molecule has 3 fully saturated rings. The molecule has 2 aromatic heterocycles. The predicted molar refractivity (Wildman–Crippen MR) is 192 cm³/mol. The number of aryl methyl sites for hydroxylation is 1. The molecule has 3 aliphatic rings. The molecule has 10 heteroatoms. The van der Waals surface area contributed by atoms with Crippen LogP contribution in [0.15, 0.2) is 85.2 Å². The standard InChI is InChI=1S/C41H40FN5O4/c1-25-19-28(23-47(22-25)40(49)50-24-27-7-4-3-5-8-27)45-39-44-18-14-35(46-39)31-9-6-17-43-38(31)51-37-26(2)10-11-29-30(37)12-13-34(42)32(29)20-36(48)33-21-41(33)15-16-41/h3-14,17-18,25,28,33H,15-16,19-24H2,1-2H3,(H,44,45,46)/t25-,28+,33+/m1/s1. The number of halogens is 1. The molecule has 1 saturated heterocycles. The van der Waals surface area contributed by atoms with Gasteiger partial charge in [0.15, 0.2) is 0 Å². The molecule has 0 bridgehead atoms. The van der Waals surface area contributed by atoms with Gasteiger partial charge in [-0.2, -0.15) is 0 Å². The maximum atomic E-state index is 15.3. The van der Waals surface area contributed by atoms with Crippen molar-refractivity contribution in [1.82, 2.24) is 19.9 Å². The second kappa shape index (κ2) is 13.4. The molecular formula is C41H40FN5O4. The number of carbonyl (C=O) groups excluding carboxylic acids is 2. The summed E-state index contributed by atoms with van der Waals surface area (Å²) < 4.78 is 27.4. The number of aromatic nitrogens is 3. The number of hydrogen-bond acceptors (Lipinski definition) is 8. The number of rotatable bonds is 10. The summed E-state index contributed by atoms with van der Waals surface area (Å²) in [7, 11) is 0. The van der Waals surface area contributed by atoms with E-state index < -0.39 is 0 Å². The Bertz CT molecular complexity index is 2120. The number of ketones is 1. The van der Waals surface area contributed by atoms with E-state index in [-0.39, 0.29) is 54.0 Å². The molecule has 2 saturated carbocycles. The summed E-state index contributed by atoms with van der Waals surface area (Å²) in [6.45, 7) is 5.35. The van der Waals surface area contributed by atoms with E-state index in [9.17, 15) is 9.59 Å². The van der Waals surface area contributed by atoms with Crippen molar-refractivity contribution >= 4 is 28.6 Å². The number of piperidine rings is 1. The number of nitrogens with zero attached hydrogens (tertiary/aromatic N) is 4. The number of hydrogen-bond donors (Lipinski definition) is 1. The predicted octanol–water partition coefficient (Wildman–Crippen LogP) is 8.30. The fraction of sp³-hybridized carbons (Fsp3) is 0.341. The van der Waals surface area contributed by atoms with Crippen LogP contribution in [-0.4, -0.2) is 50.9 Å². The summed E-state index contributed by atoms with van der Waals surface area (Å²) >= 11 is 0. The highest BCUT2D eigenvalue weighted by Crippen LogP contribution is 2.71. The van der Waals surface area contributed by atoms with E-state index in [1.807, 2.05) is 61.5 Å². The van der Waals surface area contributed by atoms with E-state index in [0.29, 0.717) is 52.9 Å². The lowest BCUT2D eigenvalue weighted by Crippen LogP contribution is -2.48. The summed E-state index contributed by atoms with van der Waals surface area (Å²) in [4.78, 5) is 41.7. The van der Waals surface area contributed by atoms with Crippen molar-refractivity contribution in [2.75, 3.05) is 18.4 Å². The van der Waals surface area contributed by atoms with E-state index in [1.165, 1.54) is 6.07 Å². The molecule has 2 aliphatic carbocycles. The van der Waals surface area contributed by atoms with Crippen LogP contribution in [0.2, 0.25) is 0 Å². The molecule has 0 unspecified atom stereocenters. The van der Waals surface area contributed by atoms with Gasteiger partial charge in [-0.05, 0) is 90.8 Å². The lowest BCUT2D eigenvalue weighted by molar-refractivity contribution is -0.120. The zero-order valence-electron chi connectivity index (χ0n) is 28.8. The third-order valence-electron chi connectivity index (χ3n) is 10.6. The lowest BCUT2D eigenvalue weighted by atomic mass is 9.96. The van der Waals surface area contributed by atoms with Crippen LogP contribution in [0.5, 0.6) is 11.6 Å². The topological polar surface area (TPSA) is 107 Å². The van der Waals surface area contributed by atoms with E-state index in [0.717, 1.165) is 42.2 Å². The fourth-order valence-electron chi connectivity index (χ4n) is 7.59. The maximum Gasteiger partial charge on any atom is 0.410 e. The van der Waals surface area contributed by atoms with Crippen molar-refractivity contribution in [3.63, 3.8) is 0 Å². The Morgan fingerprint density at radius 3 is 2.59 bits per heavy atom. The van der Waals surface area contributed by atoms with Crippen molar-refractivity contribution in [1.29, 1.82) is 0 Å². The Balaban J connectivity index is 1.00. The molecule has 5 aromatic rings. The SMILES string of the molecule is Cc1ccc2c(CC(=O)[C@@H]3CC34CC4)c(F)ccc2c1Oc1ncccc1-c1ccnc(N[C@H]2C[C@@H](C)CN(C(=O)OCc3ccccc3)C2)n1. The number of anilines is 1. The smallest absolute Gasteiger partial charge is 0.410 e. The summed E-state index contributed by atoms with van der Waals surface area (Å²) in [6.07, 6.45) is 7.07. The third kappa shape index (κ3) is 6.87. The number of Topliss-reactive ketones (excluding diaryl/α,β-unsaturated/α-hetero) is 1. The molecular weight excluding hydrogens is 645 g/mol. The molecule has 3 atom stereocenters. The Morgan fingerprint density at radius 2 is 1.78 bits per heavy atom. The Hall–Kier alpha value is -5.38. The first-order valence-electron chi connectivity index (χ1n) is 17.7. The molecule has 1 N–H and O–H groups in total. The van der Waals surface area contributed by atoms with Crippen molar-refractivity contribution in [2.45, 2.75) is 58.6 Å². The number of carbonyl (C=O) groups is 2. The van der Waals surface area contributed by atoms with Gasteiger partial charge in [-0.15, -0.1) is 0 Å². The number of ether oxygens (including phenoxy) is 2. The first-order valence-corrected chi connectivity index (χ1v) is 17.7. The molecule has 1 amide bonds. The van der Waals surface area contributed by atoms with Gasteiger partial charge in [-0.3, -0.25) is 4.79 Å². The van der Waals surface area contributed by atoms with E-state index >= 15 is 4.39 Å². The van der Waals surface area contributed by atoms with Crippen LogP contribution in [0, 0.1) is 30.0 Å². The molecule has 1 spiro atoms. The van der Waals surface area contributed by atoms with Crippen molar-refractivity contribution < 1.29 is 23.5 Å². The van der Waals surface area contributed by atoms with Crippen LogP contribution in [0.3, 0.4) is 0 Å². The van der Waals surface area contributed by atoms with Gasteiger partial charge in [0, 0.05) is 54.8 Å². The number of likely N-dealkylation sites (tertiary alicyclic amines) is 1. The Morgan fingerprint density at radius 1 is 0.961 bits per heavy atom. The summed E-state index contributed by atoms with van der Waals surface area (Å²) in [5.74, 6) is 1.38. The van der Waals surface area contributed by atoms with E-state index in [1.54, 1.807) is 29.4 Å². The number of amides is 1. The minimum absolute atomic E-state index is 0.0681. The van der Waals surface area contributed by atoms with Crippen LogP contribution >= 0.6 is 0 Å². The zero-order valence-corrected chi connectivity index (χ0v) is 28.8. The molecule has 9 nitrogen and oxygen atoms in total. The lowest BCUT2D eigenvalue weighted by Gasteiger charge is -2.36. The highest BCUT2D eigenvalue weighted by Gasteiger charge is 2.65. The number of pyridine rings is 1. The number of fused-ring (bicyclic) bond motifs is 1. The highest BCUT2D eigenvalue weighted by atomic mass is 19.1. The van der Waals surface area contributed by atoms with Crippen LogP contribution in [0.25, 0.3) is 22.0 Å². The van der Waals surface area contributed by atoms with Crippen LogP contribution < -0.4 is 10.1 Å². The van der Waals surface area contributed by atoms with Crippen LogP contribution in [-0.2, 0) is 22.6 Å². The van der Waals surface area contributed by atoms with Crippen molar-refractivity contribution in [3.8, 4) is 22.9 Å². The van der Waals surface area contributed by atoms with Gasteiger partial charge in [-0.1, -0.05) is 49.4 Å². The van der Waals surface area contributed by atoms with Crippen molar-refractivity contribution in [3.05, 3.63) is 108 Å². The quantitative estimate of drug-likeness (QED) is 0.157. The van der Waals surface area contributed by atoms with Gasteiger partial charge in [-0.25, -0.2) is 24.1 Å². The van der Waals surface area contributed by atoms with E-state index in [4.69, 9.17) is 14.5 Å². The summed E-state index contributed by atoms with van der Waals surface area (Å²) in [6, 6.07) is 22.0. The molecule has 260 valence electrons. The minimum Gasteiger partial charge on any atom is -0.445 e. The van der Waals surface area contributed by atoms with E-state index in [2.05, 4.69) is 22.2 Å². The molecule has 8 rings (SSSR count). The number of nitrogens with one attached hydrogen (secondary N) is 1. The molecule has 51 heavy (non-hydrogen) atoms. The summed E-state index contributed by atoms with van der Waals surface area (Å²) in [5, 5.41) is 4.82.